The van der Waals surface area contributed by atoms with Crippen LogP contribution in [0.15, 0.2) is 23.8 Å². The van der Waals surface area contributed by atoms with Crippen molar-refractivity contribution in [3.8, 4) is 0 Å². The molecule has 0 N–H and O–H groups in total. The van der Waals surface area contributed by atoms with E-state index in [-0.39, 0.29) is 5.57 Å². The van der Waals surface area contributed by atoms with Gasteiger partial charge >= 0.3 is 0 Å². The minimum absolute atomic E-state index is 0.245. The van der Waals surface area contributed by atoms with Crippen LogP contribution >= 0.6 is 0 Å². The lowest BCUT2D eigenvalue weighted by molar-refractivity contribution is 0.0595. The molecule has 0 heterocycles. The van der Waals surface area contributed by atoms with E-state index in [1.54, 1.807) is 6.08 Å². The van der Waals surface area contributed by atoms with Crippen molar-refractivity contribution in [3.63, 3.8) is 0 Å². The zero-order chi connectivity index (χ0) is 7.61. The maximum absolute atomic E-state index is 12.5. The summed E-state index contributed by atoms with van der Waals surface area (Å²) >= 11 is 0. The zero-order valence-electron chi connectivity index (χ0n) is 5.90. The zero-order valence-corrected chi connectivity index (χ0v) is 5.90. The van der Waals surface area contributed by atoms with Crippen LogP contribution < -0.4 is 0 Å². The lowest BCUT2D eigenvalue weighted by atomic mass is 10.0. The highest BCUT2D eigenvalue weighted by Crippen LogP contribution is 2.28. The SMILES string of the molecule is CC(F)(F)C1=CC=CCC1. The predicted molar refractivity (Wildman–Crippen MR) is 37.1 cm³/mol. The topological polar surface area (TPSA) is 0 Å². The van der Waals surface area contributed by atoms with Crippen LogP contribution in [0.2, 0.25) is 0 Å². The molecule has 1 aliphatic rings. The highest BCUT2D eigenvalue weighted by molar-refractivity contribution is 5.22. The highest BCUT2D eigenvalue weighted by Gasteiger charge is 2.26. The van der Waals surface area contributed by atoms with E-state index in [0.717, 1.165) is 13.3 Å². The van der Waals surface area contributed by atoms with Crippen molar-refractivity contribution in [2.75, 3.05) is 0 Å². The molecule has 0 spiro atoms. The number of alkyl halides is 2. The lowest BCUT2D eigenvalue weighted by Gasteiger charge is -2.15. The molecular weight excluding hydrogens is 134 g/mol. The van der Waals surface area contributed by atoms with Crippen molar-refractivity contribution >= 4 is 0 Å². The van der Waals surface area contributed by atoms with Gasteiger partial charge in [-0.1, -0.05) is 18.2 Å². The fourth-order valence-corrected chi connectivity index (χ4v) is 0.968. The molecule has 0 amide bonds. The van der Waals surface area contributed by atoms with Gasteiger partial charge in [0.05, 0.1) is 0 Å². The van der Waals surface area contributed by atoms with Gasteiger partial charge < -0.3 is 0 Å². The Labute approximate surface area is 59.2 Å². The van der Waals surface area contributed by atoms with Gasteiger partial charge in [-0.3, -0.25) is 0 Å². The van der Waals surface area contributed by atoms with Crippen molar-refractivity contribution < 1.29 is 8.78 Å². The predicted octanol–water partition coefficient (Wildman–Crippen LogP) is 2.92. The minimum atomic E-state index is -2.62. The van der Waals surface area contributed by atoms with Gasteiger partial charge in [0.15, 0.2) is 0 Å². The van der Waals surface area contributed by atoms with E-state index in [2.05, 4.69) is 0 Å². The molecule has 0 aromatic rings. The molecule has 1 rings (SSSR count). The van der Waals surface area contributed by atoms with Crippen LogP contribution in [0.25, 0.3) is 0 Å². The van der Waals surface area contributed by atoms with Crippen LogP contribution in [0.3, 0.4) is 0 Å². The molecule has 0 atom stereocenters. The van der Waals surface area contributed by atoms with Crippen LogP contribution in [-0.4, -0.2) is 5.92 Å². The van der Waals surface area contributed by atoms with E-state index in [1.807, 2.05) is 6.08 Å². The average Bonchev–Trinajstić information content (AvgIpc) is 1.88. The number of hydrogen-bond acceptors (Lipinski definition) is 0. The van der Waals surface area contributed by atoms with Gasteiger partial charge in [0.2, 0.25) is 0 Å². The van der Waals surface area contributed by atoms with Crippen molar-refractivity contribution in [2.24, 2.45) is 0 Å². The Morgan fingerprint density at radius 2 is 2.20 bits per heavy atom. The van der Waals surface area contributed by atoms with Gasteiger partial charge in [0.25, 0.3) is 5.92 Å². The molecule has 0 aromatic carbocycles. The first-order valence-corrected chi connectivity index (χ1v) is 3.35. The maximum atomic E-state index is 12.5. The number of rotatable bonds is 1. The van der Waals surface area contributed by atoms with Crippen LogP contribution in [0.1, 0.15) is 19.8 Å². The van der Waals surface area contributed by atoms with Crippen LogP contribution in [0, 0.1) is 0 Å². The Hall–Kier alpha value is -0.660. The fourth-order valence-electron chi connectivity index (χ4n) is 0.968. The maximum Gasteiger partial charge on any atom is 0.266 e. The molecule has 0 radical (unpaired) electrons. The fraction of sp³-hybridized carbons (Fsp3) is 0.500. The standard InChI is InChI=1S/C8H10F2/c1-8(9,10)7-5-3-2-4-6-7/h2-3,5H,4,6H2,1H3. The van der Waals surface area contributed by atoms with Crippen molar-refractivity contribution in [1.82, 2.24) is 0 Å². The molecule has 10 heavy (non-hydrogen) atoms. The Morgan fingerprint density at radius 1 is 1.50 bits per heavy atom. The molecule has 2 heteroatoms. The summed E-state index contributed by atoms with van der Waals surface area (Å²) in [6, 6.07) is 0. The quantitative estimate of drug-likeness (QED) is 0.530. The van der Waals surface area contributed by atoms with Gasteiger partial charge in [-0.2, -0.15) is 0 Å². The Morgan fingerprint density at radius 3 is 2.50 bits per heavy atom. The first-order valence-electron chi connectivity index (χ1n) is 3.35. The third-order valence-corrected chi connectivity index (χ3v) is 1.58. The lowest BCUT2D eigenvalue weighted by Crippen LogP contribution is -2.14. The second-order valence-corrected chi connectivity index (χ2v) is 2.55. The second-order valence-electron chi connectivity index (χ2n) is 2.55. The van der Waals surface area contributed by atoms with E-state index >= 15 is 0 Å². The first kappa shape index (κ1) is 7.45. The minimum Gasteiger partial charge on any atom is -0.202 e. The van der Waals surface area contributed by atoms with E-state index in [9.17, 15) is 8.78 Å². The van der Waals surface area contributed by atoms with Crippen LogP contribution in [-0.2, 0) is 0 Å². The molecule has 0 saturated carbocycles. The molecule has 0 aromatic heterocycles. The average molecular weight is 144 g/mol. The van der Waals surface area contributed by atoms with Crippen molar-refractivity contribution in [2.45, 2.75) is 25.7 Å². The van der Waals surface area contributed by atoms with E-state index < -0.39 is 5.92 Å². The second kappa shape index (κ2) is 2.52. The molecule has 0 bridgehead atoms. The molecule has 0 saturated heterocycles. The highest BCUT2D eigenvalue weighted by atomic mass is 19.3. The number of hydrogen-bond donors (Lipinski definition) is 0. The number of allylic oxidation sites excluding steroid dienone is 4. The third-order valence-electron chi connectivity index (χ3n) is 1.58. The van der Waals surface area contributed by atoms with Crippen LogP contribution in [0.4, 0.5) is 8.78 Å². The summed E-state index contributed by atoms with van der Waals surface area (Å²) in [6.45, 7) is 0.942. The summed E-state index contributed by atoms with van der Waals surface area (Å²) in [4.78, 5) is 0. The summed E-state index contributed by atoms with van der Waals surface area (Å²) in [6.07, 6.45) is 6.34. The molecule has 0 fully saturated rings. The summed E-state index contributed by atoms with van der Waals surface area (Å²) in [5.41, 5.74) is 0.245. The Balaban J connectivity index is 2.72. The van der Waals surface area contributed by atoms with Crippen LogP contribution in [0.5, 0.6) is 0 Å². The summed E-state index contributed by atoms with van der Waals surface area (Å²) in [7, 11) is 0. The summed E-state index contributed by atoms with van der Waals surface area (Å²) in [5.74, 6) is -2.62. The Kier molecular flexibility index (Phi) is 1.88. The number of halogens is 2. The largest absolute Gasteiger partial charge is 0.266 e. The molecule has 56 valence electrons. The van der Waals surface area contributed by atoms with Gasteiger partial charge in [-0.05, 0) is 18.4 Å². The molecule has 0 unspecified atom stereocenters. The van der Waals surface area contributed by atoms with Crippen molar-refractivity contribution in [3.05, 3.63) is 23.8 Å². The van der Waals surface area contributed by atoms with Gasteiger partial charge in [-0.25, -0.2) is 8.78 Å². The summed E-state index contributed by atoms with van der Waals surface area (Å²) in [5, 5.41) is 0. The molecule has 1 aliphatic carbocycles. The van der Waals surface area contributed by atoms with E-state index in [0.29, 0.717) is 6.42 Å². The Bertz CT molecular complexity index is 172. The van der Waals surface area contributed by atoms with Gasteiger partial charge in [-0.15, -0.1) is 0 Å². The first-order chi connectivity index (χ1) is 4.61. The van der Waals surface area contributed by atoms with E-state index in [1.165, 1.54) is 6.08 Å². The third kappa shape index (κ3) is 1.66. The normalized spacial score (nSPS) is 18.9. The monoisotopic (exact) mass is 144 g/mol. The van der Waals surface area contributed by atoms with Crippen molar-refractivity contribution in [1.29, 1.82) is 0 Å². The van der Waals surface area contributed by atoms with Gasteiger partial charge in [0.1, 0.15) is 0 Å². The summed E-state index contributed by atoms with van der Waals surface area (Å²) < 4.78 is 25.0. The molecule has 0 aliphatic heterocycles. The van der Waals surface area contributed by atoms with Gasteiger partial charge in [0, 0.05) is 6.92 Å². The van der Waals surface area contributed by atoms with E-state index in [4.69, 9.17) is 0 Å². The smallest absolute Gasteiger partial charge is 0.202 e. The molecule has 0 nitrogen and oxygen atoms in total. The molecular formula is C8H10F2.